The zero-order valence-electron chi connectivity index (χ0n) is 21.5. The van der Waals surface area contributed by atoms with Crippen LogP contribution in [-0.2, 0) is 9.53 Å². The lowest BCUT2D eigenvalue weighted by Crippen LogP contribution is -2.60. The fraction of sp³-hybridized carbons (Fsp3) is 0.577. The molecule has 2 unspecified atom stereocenters. The molecule has 4 aliphatic rings. The second-order valence-electron chi connectivity index (χ2n) is 11.6. The molecule has 0 aliphatic heterocycles. The van der Waals surface area contributed by atoms with Gasteiger partial charge in [-0.2, -0.15) is 10.2 Å². The van der Waals surface area contributed by atoms with Gasteiger partial charge in [0.2, 0.25) is 5.91 Å². The first-order valence-electron chi connectivity index (χ1n) is 12.8. The SMILES string of the molecule is CC(=O)NC(C)(C)/C=C/n1ncc(C(=O)N[C@H]2C3CC4CC2C[C@](COC(N)=O)(C4)C3)c1-n1cccn1. The zero-order valence-corrected chi connectivity index (χ0v) is 21.5. The molecule has 2 aromatic rings. The summed E-state index contributed by atoms with van der Waals surface area (Å²) in [4.78, 5) is 36.4. The molecule has 0 radical (unpaired) electrons. The van der Waals surface area contributed by atoms with Crippen molar-refractivity contribution < 1.29 is 19.1 Å². The molecule has 4 saturated carbocycles. The van der Waals surface area contributed by atoms with Crippen molar-refractivity contribution in [3.05, 3.63) is 36.3 Å². The van der Waals surface area contributed by atoms with Crippen LogP contribution in [0.5, 0.6) is 0 Å². The molecule has 4 N–H and O–H groups in total. The molecule has 0 saturated heterocycles. The van der Waals surface area contributed by atoms with E-state index in [0.29, 0.717) is 35.7 Å². The maximum Gasteiger partial charge on any atom is 0.404 e. The standard InChI is InChI=1S/C26H35N7O4/c1-16(34)31-25(2,3)5-8-33-23(32-7-4-6-28-32)20(14-29-33)22(35)30-21-18-9-17-10-19(21)13-26(11-17,12-18)15-37-24(27)36/h4-8,14,17-19,21H,9-13,15H2,1-3H3,(H2,27,36)(H,30,35)(H,31,34)/b8-5+/t17?,18?,19?,21-,26-. The molecule has 198 valence electrons. The minimum atomic E-state index is -0.724. The van der Waals surface area contributed by atoms with E-state index < -0.39 is 11.6 Å². The van der Waals surface area contributed by atoms with Crippen LogP contribution in [0.2, 0.25) is 0 Å². The maximum absolute atomic E-state index is 13.6. The number of primary amides is 1. The number of nitrogens with two attached hydrogens (primary N) is 1. The molecule has 11 heteroatoms. The fourth-order valence-electron chi connectivity index (χ4n) is 7.06. The third kappa shape index (κ3) is 5.12. The predicted molar refractivity (Wildman–Crippen MR) is 135 cm³/mol. The highest BCUT2D eigenvalue weighted by atomic mass is 16.5. The number of aromatic nitrogens is 4. The number of carbonyl (C=O) groups excluding carboxylic acids is 3. The van der Waals surface area contributed by atoms with Crippen molar-refractivity contribution in [1.82, 2.24) is 30.2 Å². The van der Waals surface area contributed by atoms with Crippen LogP contribution in [0.3, 0.4) is 0 Å². The monoisotopic (exact) mass is 509 g/mol. The lowest BCUT2D eigenvalue weighted by atomic mass is 9.48. The lowest BCUT2D eigenvalue weighted by Gasteiger charge is -2.59. The summed E-state index contributed by atoms with van der Waals surface area (Å²) in [5, 5.41) is 15.0. The summed E-state index contributed by atoms with van der Waals surface area (Å²) in [5.41, 5.74) is 5.04. The Morgan fingerprint density at radius 1 is 1.22 bits per heavy atom. The van der Waals surface area contributed by atoms with Gasteiger partial charge in [0.25, 0.3) is 5.91 Å². The van der Waals surface area contributed by atoms with Gasteiger partial charge >= 0.3 is 6.09 Å². The third-order valence-corrected chi connectivity index (χ3v) is 8.08. The highest BCUT2D eigenvalue weighted by Crippen LogP contribution is 2.60. The number of rotatable bonds is 8. The van der Waals surface area contributed by atoms with Gasteiger partial charge in [0.15, 0.2) is 5.82 Å². The first kappa shape index (κ1) is 25.0. The van der Waals surface area contributed by atoms with E-state index in [1.807, 2.05) is 19.9 Å². The first-order valence-corrected chi connectivity index (χ1v) is 12.8. The fourth-order valence-corrected chi connectivity index (χ4v) is 7.06. The smallest absolute Gasteiger partial charge is 0.404 e. The third-order valence-electron chi connectivity index (χ3n) is 8.08. The molecule has 0 spiro atoms. The summed E-state index contributed by atoms with van der Waals surface area (Å²) in [6.45, 7) is 5.59. The van der Waals surface area contributed by atoms with Crippen LogP contribution >= 0.6 is 0 Å². The summed E-state index contributed by atoms with van der Waals surface area (Å²) >= 11 is 0. The molecule has 2 aromatic heterocycles. The molecule has 4 fully saturated rings. The van der Waals surface area contributed by atoms with Crippen molar-refractivity contribution in [3.63, 3.8) is 0 Å². The summed E-state index contributed by atoms with van der Waals surface area (Å²) in [5.74, 6) is 1.47. The number of hydrogen-bond donors (Lipinski definition) is 3. The van der Waals surface area contributed by atoms with E-state index in [2.05, 4.69) is 20.8 Å². The van der Waals surface area contributed by atoms with Crippen LogP contribution in [0.25, 0.3) is 12.0 Å². The number of amides is 3. The van der Waals surface area contributed by atoms with E-state index in [-0.39, 0.29) is 23.3 Å². The van der Waals surface area contributed by atoms with Crippen LogP contribution in [0.15, 0.2) is 30.7 Å². The van der Waals surface area contributed by atoms with Crippen LogP contribution < -0.4 is 16.4 Å². The molecule has 37 heavy (non-hydrogen) atoms. The average Bonchev–Trinajstić information content (AvgIpc) is 3.47. The van der Waals surface area contributed by atoms with E-state index in [1.54, 1.807) is 40.2 Å². The summed E-state index contributed by atoms with van der Waals surface area (Å²) < 4.78 is 8.45. The number of nitrogens with one attached hydrogen (secondary N) is 2. The number of carbonyl (C=O) groups is 3. The van der Waals surface area contributed by atoms with Crippen molar-refractivity contribution >= 4 is 24.1 Å². The second kappa shape index (κ2) is 9.35. The topological polar surface area (TPSA) is 146 Å². The summed E-state index contributed by atoms with van der Waals surface area (Å²) in [7, 11) is 0. The van der Waals surface area contributed by atoms with Crippen molar-refractivity contribution in [3.8, 4) is 5.82 Å². The average molecular weight is 510 g/mol. The van der Waals surface area contributed by atoms with Gasteiger partial charge in [0, 0.05) is 37.0 Å². The van der Waals surface area contributed by atoms with Crippen LogP contribution in [0.4, 0.5) is 4.79 Å². The Morgan fingerprint density at radius 3 is 2.57 bits per heavy atom. The minimum Gasteiger partial charge on any atom is -0.449 e. The van der Waals surface area contributed by atoms with Crippen molar-refractivity contribution in [2.45, 2.75) is 64.5 Å². The Morgan fingerprint density at radius 2 is 1.95 bits per heavy atom. The van der Waals surface area contributed by atoms with E-state index >= 15 is 0 Å². The Kier molecular flexibility index (Phi) is 6.33. The van der Waals surface area contributed by atoms with E-state index in [9.17, 15) is 14.4 Å². The Labute approximate surface area is 215 Å². The highest BCUT2D eigenvalue weighted by molar-refractivity contribution is 5.97. The molecule has 2 atom stereocenters. The Bertz CT molecular complexity index is 1200. The summed E-state index contributed by atoms with van der Waals surface area (Å²) in [6.07, 6.45) is 12.9. The molecule has 3 amide bonds. The van der Waals surface area contributed by atoms with E-state index in [0.717, 1.165) is 32.1 Å². The zero-order chi connectivity index (χ0) is 26.4. The van der Waals surface area contributed by atoms with Gasteiger partial charge < -0.3 is 21.1 Å². The van der Waals surface area contributed by atoms with Gasteiger partial charge in [-0.3, -0.25) is 9.59 Å². The van der Waals surface area contributed by atoms with Crippen molar-refractivity contribution in [1.29, 1.82) is 0 Å². The molecule has 0 aromatic carbocycles. The quantitative estimate of drug-likeness (QED) is 0.498. The Hall–Kier alpha value is -3.63. The number of nitrogens with zero attached hydrogens (tertiary/aromatic N) is 4. The second-order valence-corrected chi connectivity index (χ2v) is 11.6. The molecule has 4 bridgehead atoms. The van der Waals surface area contributed by atoms with Crippen molar-refractivity contribution in [2.24, 2.45) is 28.9 Å². The van der Waals surface area contributed by atoms with Crippen molar-refractivity contribution in [2.75, 3.05) is 6.61 Å². The van der Waals surface area contributed by atoms with Gasteiger partial charge in [0.05, 0.1) is 18.3 Å². The van der Waals surface area contributed by atoms with E-state index in [1.165, 1.54) is 6.92 Å². The molecule has 11 nitrogen and oxygen atoms in total. The maximum atomic E-state index is 13.6. The Balaban J connectivity index is 1.36. The molecule has 6 rings (SSSR count). The number of ether oxygens (including phenoxy) is 1. The minimum absolute atomic E-state index is 0.0244. The van der Waals surface area contributed by atoms with Gasteiger partial charge in [0.1, 0.15) is 5.56 Å². The van der Waals surface area contributed by atoms with Gasteiger partial charge in [-0.25, -0.2) is 14.2 Å². The van der Waals surface area contributed by atoms with Gasteiger partial charge in [-0.05, 0) is 75.8 Å². The number of hydrogen-bond acceptors (Lipinski definition) is 6. The van der Waals surface area contributed by atoms with Gasteiger partial charge in [-0.15, -0.1) is 0 Å². The lowest BCUT2D eigenvalue weighted by molar-refractivity contribution is -0.120. The van der Waals surface area contributed by atoms with Crippen LogP contribution in [-0.4, -0.2) is 55.7 Å². The van der Waals surface area contributed by atoms with E-state index in [4.69, 9.17) is 10.5 Å². The van der Waals surface area contributed by atoms with Crippen LogP contribution in [0, 0.1) is 23.2 Å². The predicted octanol–water partition coefficient (Wildman–Crippen LogP) is 2.47. The highest BCUT2D eigenvalue weighted by Gasteiger charge is 2.56. The normalized spacial score (nSPS) is 28.4. The molecule has 2 heterocycles. The molecule has 4 aliphatic carbocycles. The summed E-state index contributed by atoms with van der Waals surface area (Å²) in [6, 6.07) is 1.85. The van der Waals surface area contributed by atoms with Gasteiger partial charge in [-0.1, -0.05) is 0 Å². The largest absolute Gasteiger partial charge is 0.449 e. The molecular formula is C26H35N7O4. The molecular weight excluding hydrogens is 474 g/mol. The first-order chi connectivity index (χ1) is 17.5. The van der Waals surface area contributed by atoms with Crippen LogP contribution in [0.1, 0.15) is 63.2 Å².